The van der Waals surface area contributed by atoms with Gasteiger partial charge in [0.05, 0.1) is 30.0 Å². The number of nitrogens with zero attached hydrogens (tertiary/aromatic N) is 6. The van der Waals surface area contributed by atoms with Crippen LogP contribution in [0.5, 0.6) is 0 Å². The van der Waals surface area contributed by atoms with E-state index in [9.17, 15) is 9.59 Å². The number of halogens is 1. The first kappa shape index (κ1) is 31.7. The van der Waals surface area contributed by atoms with Crippen molar-refractivity contribution in [3.05, 3.63) is 71.4 Å². The van der Waals surface area contributed by atoms with E-state index in [0.29, 0.717) is 60.6 Å². The first-order valence-corrected chi connectivity index (χ1v) is 16.0. The standard InChI is InChI=1S/C33H38ClN9O3/c34-29-27(13-14-37-31(29)42-15-17-46-18-16-42)23-5-1-21(2-6-23)19-28(36)33(45)43(32(44)25-7-3-22(20-35)4-8-25)26-11-9-24(10-12-26)30-38-40-41-39-30/h1-2,5-6,9-14,22,25,28H,3-4,7-8,15-20,35-36H2,(H,38,39,40,41)/t22?,25?,28-/m0/s1. The van der Waals surface area contributed by atoms with E-state index in [2.05, 4.69) is 30.5 Å². The Bertz CT molecular complexity index is 1620. The molecule has 6 rings (SSSR count). The monoisotopic (exact) mass is 643 g/mol. The highest BCUT2D eigenvalue weighted by atomic mass is 35.5. The number of amides is 2. The third-order valence-electron chi connectivity index (χ3n) is 8.92. The highest BCUT2D eigenvalue weighted by Crippen LogP contribution is 2.35. The summed E-state index contributed by atoms with van der Waals surface area (Å²) >= 11 is 6.82. The fourth-order valence-electron chi connectivity index (χ4n) is 6.21. The number of aromatic amines is 1. The van der Waals surface area contributed by atoms with Crippen LogP contribution in [0.2, 0.25) is 5.02 Å². The topological polar surface area (TPSA) is 169 Å². The Labute approximate surface area is 272 Å². The van der Waals surface area contributed by atoms with Crippen LogP contribution < -0.4 is 21.3 Å². The Kier molecular flexibility index (Phi) is 9.98. The zero-order valence-electron chi connectivity index (χ0n) is 25.5. The second-order valence-corrected chi connectivity index (χ2v) is 12.2. The number of carbonyl (C=O) groups excluding carboxylic acids is 2. The molecular formula is C33H38ClN9O3. The number of morpholine rings is 1. The Morgan fingerprint density at radius 1 is 1.00 bits per heavy atom. The van der Waals surface area contributed by atoms with Crippen molar-refractivity contribution in [2.24, 2.45) is 23.3 Å². The number of tetrazole rings is 1. The summed E-state index contributed by atoms with van der Waals surface area (Å²) in [6.45, 7) is 3.35. The quantitative estimate of drug-likeness (QED) is 0.245. The Morgan fingerprint density at radius 2 is 1.70 bits per heavy atom. The van der Waals surface area contributed by atoms with Crippen molar-refractivity contribution in [3.8, 4) is 22.5 Å². The molecule has 0 radical (unpaired) electrons. The summed E-state index contributed by atoms with van der Waals surface area (Å²) in [5, 5.41) is 14.6. The van der Waals surface area contributed by atoms with Gasteiger partial charge in [0.15, 0.2) is 0 Å². The van der Waals surface area contributed by atoms with Gasteiger partial charge >= 0.3 is 0 Å². The predicted octanol–water partition coefficient (Wildman–Crippen LogP) is 3.61. The maximum absolute atomic E-state index is 14.0. The average molecular weight is 644 g/mol. The first-order valence-electron chi connectivity index (χ1n) is 15.7. The molecule has 46 heavy (non-hydrogen) atoms. The number of hydrogen-bond acceptors (Lipinski definition) is 10. The van der Waals surface area contributed by atoms with Gasteiger partial charge in [0, 0.05) is 36.3 Å². The van der Waals surface area contributed by atoms with Crippen molar-refractivity contribution >= 4 is 34.9 Å². The molecule has 2 aliphatic rings. The van der Waals surface area contributed by atoms with Gasteiger partial charge in [-0.1, -0.05) is 35.9 Å². The molecule has 1 atom stereocenters. The molecule has 13 heteroatoms. The average Bonchev–Trinajstić information content (AvgIpc) is 3.65. The van der Waals surface area contributed by atoms with Crippen molar-refractivity contribution in [2.45, 2.75) is 38.1 Å². The van der Waals surface area contributed by atoms with Gasteiger partial charge in [-0.15, -0.1) is 10.2 Å². The van der Waals surface area contributed by atoms with Gasteiger partial charge in [-0.2, -0.15) is 5.21 Å². The van der Waals surface area contributed by atoms with Crippen molar-refractivity contribution in [1.82, 2.24) is 25.6 Å². The normalized spacial score (nSPS) is 19.1. The van der Waals surface area contributed by atoms with Crippen LogP contribution in [0.25, 0.3) is 22.5 Å². The summed E-state index contributed by atoms with van der Waals surface area (Å²) < 4.78 is 5.47. The van der Waals surface area contributed by atoms with E-state index in [1.54, 1.807) is 30.5 Å². The smallest absolute Gasteiger partial charge is 0.251 e. The van der Waals surface area contributed by atoms with Crippen LogP contribution in [0, 0.1) is 11.8 Å². The maximum atomic E-state index is 14.0. The van der Waals surface area contributed by atoms with Gasteiger partial charge in [0.2, 0.25) is 11.7 Å². The van der Waals surface area contributed by atoms with Crippen LogP contribution in [0.1, 0.15) is 31.2 Å². The number of pyridine rings is 1. The van der Waals surface area contributed by atoms with Gasteiger partial charge in [0.25, 0.3) is 5.91 Å². The molecule has 2 aromatic heterocycles. The van der Waals surface area contributed by atoms with Crippen molar-refractivity contribution < 1.29 is 14.3 Å². The molecule has 0 unspecified atom stereocenters. The second-order valence-electron chi connectivity index (χ2n) is 11.9. The third-order valence-corrected chi connectivity index (χ3v) is 9.29. The third kappa shape index (κ3) is 6.95. The van der Waals surface area contributed by atoms with E-state index >= 15 is 0 Å². The number of H-pyrrole nitrogens is 1. The molecule has 0 bridgehead atoms. The van der Waals surface area contributed by atoms with Crippen molar-refractivity contribution in [1.29, 1.82) is 0 Å². The number of hydrogen-bond donors (Lipinski definition) is 3. The number of aromatic nitrogens is 5. The molecule has 4 aromatic rings. The van der Waals surface area contributed by atoms with Gasteiger partial charge < -0.3 is 21.1 Å². The summed E-state index contributed by atoms with van der Waals surface area (Å²) in [7, 11) is 0. The lowest BCUT2D eigenvalue weighted by molar-refractivity contribution is -0.130. The van der Waals surface area contributed by atoms with Crippen LogP contribution in [0.15, 0.2) is 60.8 Å². The zero-order valence-corrected chi connectivity index (χ0v) is 26.3. The minimum Gasteiger partial charge on any atom is -0.378 e. The van der Waals surface area contributed by atoms with E-state index < -0.39 is 11.9 Å². The highest BCUT2D eigenvalue weighted by Gasteiger charge is 2.35. The van der Waals surface area contributed by atoms with Crippen LogP contribution in [-0.4, -0.2) is 76.3 Å². The summed E-state index contributed by atoms with van der Waals surface area (Å²) in [5.41, 5.74) is 16.3. The van der Waals surface area contributed by atoms with E-state index in [1.807, 2.05) is 30.3 Å². The Hall–Kier alpha value is -4.23. The van der Waals surface area contributed by atoms with E-state index in [0.717, 1.165) is 48.4 Å². The van der Waals surface area contributed by atoms with Crippen LogP contribution >= 0.6 is 11.6 Å². The van der Waals surface area contributed by atoms with Gasteiger partial charge in [0.1, 0.15) is 5.82 Å². The van der Waals surface area contributed by atoms with E-state index in [4.69, 9.17) is 27.8 Å². The number of benzene rings is 2. The second kappa shape index (κ2) is 14.5. The lowest BCUT2D eigenvalue weighted by Gasteiger charge is -2.32. The van der Waals surface area contributed by atoms with Gasteiger partial charge in [-0.3, -0.25) is 9.59 Å². The lowest BCUT2D eigenvalue weighted by Crippen LogP contribution is -2.50. The van der Waals surface area contributed by atoms with Crippen molar-refractivity contribution in [3.63, 3.8) is 0 Å². The fraction of sp³-hybridized carbons (Fsp3) is 0.394. The minimum absolute atomic E-state index is 0.234. The minimum atomic E-state index is -0.940. The van der Waals surface area contributed by atoms with Crippen LogP contribution in [0.4, 0.5) is 11.5 Å². The molecule has 1 aliphatic heterocycles. The van der Waals surface area contributed by atoms with Gasteiger partial charge in [-0.25, -0.2) is 9.88 Å². The zero-order chi connectivity index (χ0) is 32.0. The largest absolute Gasteiger partial charge is 0.378 e. The maximum Gasteiger partial charge on any atom is 0.251 e. The number of imide groups is 1. The molecule has 3 heterocycles. The summed E-state index contributed by atoms with van der Waals surface area (Å²) in [6.07, 6.45) is 5.11. The molecule has 12 nitrogen and oxygen atoms in total. The SMILES string of the molecule is NCC1CCC(C(=O)N(C(=O)[C@@H](N)Cc2ccc(-c3ccnc(N4CCOCC4)c3Cl)cc2)c2ccc(-c3nn[nH]n3)cc2)CC1. The van der Waals surface area contributed by atoms with E-state index in [-0.39, 0.29) is 18.2 Å². The number of ether oxygens (including phenoxy) is 1. The number of nitrogens with two attached hydrogens (primary N) is 2. The lowest BCUT2D eigenvalue weighted by atomic mass is 9.81. The first-order chi connectivity index (χ1) is 22.4. The number of nitrogens with one attached hydrogen (secondary N) is 1. The molecule has 1 aliphatic carbocycles. The molecule has 0 spiro atoms. The molecule has 5 N–H and O–H groups in total. The fourth-order valence-corrected chi connectivity index (χ4v) is 6.55. The Morgan fingerprint density at radius 3 is 2.35 bits per heavy atom. The number of anilines is 2. The predicted molar refractivity (Wildman–Crippen MR) is 176 cm³/mol. The molecule has 1 saturated carbocycles. The molecule has 2 aromatic carbocycles. The summed E-state index contributed by atoms with van der Waals surface area (Å²) in [5.74, 6) is 0.604. The summed E-state index contributed by atoms with van der Waals surface area (Å²) in [6, 6.07) is 15.7. The number of rotatable bonds is 9. The van der Waals surface area contributed by atoms with E-state index in [1.165, 1.54) is 4.90 Å². The van der Waals surface area contributed by atoms with Crippen LogP contribution in [-0.2, 0) is 20.7 Å². The molecule has 1 saturated heterocycles. The number of carbonyl (C=O) groups is 2. The summed E-state index contributed by atoms with van der Waals surface area (Å²) in [4.78, 5) is 35.8. The molecule has 2 amide bonds. The molecule has 240 valence electrons. The molecule has 2 fully saturated rings. The van der Waals surface area contributed by atoms with Crippen molar-refractivity contribution in [2.75, 3.05) is 42.6 Å². The van der Waals surface area contributed by atoms with Crippen LogP contribution in [0.3, 0.4) is 0 Å². The van der Waals surface area contributed by atoms with Gasteiger partial charge in [-0.05, 0) is 91.2 Å². The highest BCUT2D eigenvalue weighted by molar-refractivity contribution is 6.35. The molecular weight excluding hydrogens is 606 g/mol. The Balaban J connectivity index is 1.19.